The topological polar surface area (TPSA) is 52.3 Å². The van der Waals surface area contributed by atoms with E-state index < -0.39 is 0 Å². The summed E-state index contributed by atoms with van der Waals surface area (Å²) in [6.45, 7) is 2.86. The van der Waals surface area contributed by atoms with E-state index in [1.54, 1.807) is 12.1 Å². The maximum Gasteiger partial charge on any atom is 0.337 e. The van der Waals surface area contributed by atoms with Gasteiger partial charge in [0.05, 0.1) is 12.7 Å². The van der Waals surface area contributed by atoms with Gasteiger partial charge in [-0.2, -0.15) is 11.8 Å². The fraction of sp³-hybridized carbons (Fsp3) is 0.462. The molecule has 0 fully saturated rings. The quantitative estimate of drug-likeness (QED) is 0.814. The Morgan fingerprint density at radius 1 is 1.56 bits per heavy atom. The molecule has 100 valence electrons. The fourth-order valence-corrected chi connectivity index (χ4v) is 3.18. The SMILES string of the molecule is COC(=O)c1ccc(CSCC(C)CN)c(Br)c1. The van der Waals surface area contributed by atoms with E-state index in [9.17, 15) is 4.79 Å². The fourth-order valence-electron chi connectivity index (χ4n) is 1.35. The largest absolute Gasteiger partial charge is 0.465 e. The van der Waals surface area contributed by atoms with Crippen molar-refractivity contribution in [1.82, 2.24) is 0 Å². The van der Waals surface area contributed by atoms with Gasteiger partial charge in [-0.25, -0.2) is 4.79 Å². The lowest BCUT2D eigenvalue weighted by Gasteiger charge is -2.09. The van der Waals surface area contributed by atoms with E-state index in [0.29, 0.717) is 11.5 Å². The van der Waals surface area contributed by atoms with Crippen molar-refractivity contribution >= 4 is 33.7 Å². The number of nitrogens with two attached hydrogens (primary N) is 1. The minimum absolute atomic E-state index is 0.313. The Bertz CT molecular complexity index is 412. The Morgan fingerprint density at radius 2 is 2.28 bits per heavy atom. The Balaban J connectivity index is 2.60. The lowest BCUT2D eigenvalue weighted by molar-refractivity contribution is 0.0600. The predicted octanol–water partition coefficient (Wildman–Crippen LogP) is 3.06. The van der Waals surface area contributed by atoms with E-state index in [2.05, 4.69) is 27.6 Å². The Morgan fingerprint density at radius 3 is 2.83 bits per heavy atom. The highest BCUT2D eigenvalue weighted by Gasteiger charge is 2.08. The molecule has 0 bridgehead atoms. The summed E-state index contributed by atoms with van der Waals surface area (Å²) in [5.41, 5.74) is 7.32. The lowest BCUT2D eigenvalue weighted by atomic mass is 10.1. The van der Waals surface area contributed by atoms with Crippen LogP contribution >= 0.6 is 27.7 Å². The number of hydrogen-bond acceptors (Lipinski definition) is 4. The molecule has 2 N–H and O–H groups in total. The maximum atomic E-state index is 11.4. The van der Waals surface area contributed by atoms with Crippen molar-refractivity contribution < 1.29 is 9.53 Å². The van der Waals surface area contributed by atoms with E-state index in [-0.39, 0.29) is 5.97 Å². The molecular weight excluding hydrogens is 314 g/mol. The van der Waals surface area contributed by atoms with E-state index in [0.717, 1.165) is 22.5 Å². The van der Waals surface area contributed by atoms with Crippen LogP contribution in [0.1, 0.15) is 22.8 Å². The number of hydrogen-bond donors (Lipinski definition) is 1. The molecule has 1 aromatic carbocycles. The first-order valence-electron chi connectivity index (χ1n) is 5.73. The lowest BCUT2D eigenvalue weighted by Crippen LogP contribution is -2.12. The van der Waals surface area contributed by atoms with Crippen LogP contribution in [0.4, 0.5) is 0 Å². The number of halogens is 1. The van der Waals surface area contributed by atoms with Gasteiger partial charge in [-0.05, 0) is 35.9 Å². The van der Waals surface area contributed by atoms with Gasteiger partial charge in [0.25, 0.3) is 0 Å². The second-order valence-corrected chi connectivity index (χ2v) is 6.04. The summed E-state index contributed by atoms with van der Waals surface area (Å²) >= 11 is 5.33. The normalized spacial score (nSPS) is 12.2. The molecule has 18 heavy (non-hydrogen) atoms. The molecule has 0 heterocycles. The zero-order valence-electron chi connectivity index (χ0n) is 10.6. The van der Waals surface area contributed by atoms with Crippen molar-refractivity contribution in [2.45, 2.75) is 12.7 Å². The number of thioether (sulfide) groups is 1. The first-order valence-corrected chi connectivity index (χ1v) is 7.67. The third-order valence-electron chi connectivity index (χ3n) is 2.54. The minimum atomic E-state index is -0.313. The molecule has 0 aliphatic heterocycles. The molecule has 1 aromatic rings. The number of methoxy groups -OCH3 is 1. The molecular formula is C13H18BrNO2S. The summed E-state index contributed by atoms with van der Waals surface area (Å²) in [4.78, 5) is 11.4. The molecule has 1 atom stereocenters. The molecule has 0 aliphatic carbocycles. The number of benzene rings is 1. The minimum Gasteiger partial charge on any atom is -0.465 e. The van der Waals surface area contributed by atoms with Gasteiger partial charge in [0, 0.05) is 10.2 Å². The summed E-state index contributed by atoms with van der Waals surface area (Å²) in [6.07, 6.45) is 0. The summed E-state index contributed by atoms with van der Waals surface area (Å²) in [5.74, 6) is 2.17. The van der Waals surface area contributed by atoms with E-state index in [1.807, 2.05) is 17.8 Å². The van der Waals surface area contributed by atoms with Gasteiger partial charge in [0.15, 0.2) is 0 Å². The summed E-state index contributed by atoms with van der Waals surface area (Å²) in [7, 11) is 1.38. The van der Waals surface area contributed by atoms with E-state index in [4.69, 9.17) is 5.73 Å². The first-order chi connectivity index (χ1) is 8.58. The van der Waals surface area contributed by atoms with Gasteiger partial charge < -0.3 is 10.5 Å². The zero-order valence-corrected chi connectivity index (χ0v) is 13.0. The van der Waals surface area contributed by atoms with Crippen LogP contribution in [0.3, 0.4) is 0 Å². The standard InChI is InChI=1S/C13H18BrNO2S/c1-9(6-15)7-18-8-11-4-3-10(5-12(11)14)13(16)17-2/h3-5,9H,6-8,15H2,1-2H3. The molecule has 0 aromatic heterocycles. The summed E-state index contributed by atoms with van der Waals surface area (Å²) in [6, 6.07) is 5.55. The first kappa shape index (κ1) is 15.5. The monoisotopic (exact) mass is 331 g/mol. The predicted molar refractivity (Wildman–Crippen MR) is 79.9 cm³/mol. The molecule has 3 nitrogen and oxygen atoms in total. The molecule has 5 heteroatoms. The molecule has 1 unspecified atom stereocenters. The highest BCUT2D eigenvalue weighted by molar-refractivity contribution is 9.10. The zero-order chi connectivity index (χ0) is 13.5. The summed E-state index contributed by atoms with van der Waals surface area (Å²) in [5, 5.41) is 0. The van der Waals surface area contributed by atoms with Crippen molar-refractivity contribution in [2.75, 3.05) is 19.4 Å². The van der Waals surface area contributed by atoms with Crippen LogP contribution in [-0.4, -0.2) is 25.4 Å². The van der Waals surface area contributed by atoms with Crippen molar-refractivity contribution in [1.29, 1.82) is 0 Å². The third kappa shape index (κ3) is 4.63. The molecule has 0 radical (unpaired) electrons. The molecule has 1 rings (SSSR count). The summed E-state index contributed by atoms with van der Waals surface area (Å²) < 4.78 is 5.62. The van der Waals surface area contributed by atoms with Gasteiger partial charge in [-0.15, -0.1) is 0 Å². The maximum absolute atomic E-state index is 11.4. The van der Waals surface area contributed by atoms with Crippen molar-refractivity contribution in [3.63, 3.8) is 0 Å². The van der Waals surface area contributed by atoms with Crippen LogP contribution in [0.25, 0.3) is 0 Å². The second-order valence-electron chi connectivity index (χ2n) is 4.15. The average molecular weight is 332 g/mol. The molecule has 0 spiro atoms. The van der Waals surface area contributed by atoms with Gasteiger partial charge >= 0.3 is 5.97 Å². The molecule has 0 aliphatic rings. The highest BCUT2D eigenvalue weighted by Crippen LogP contribution is 2.24. The molecule has 0 saturated heterocycles. The van der Waals surface area contributed by atoms with Crippen LogP contribution in [0, 0.1) is 5.92 Å². The van der Waals surface area contributed by atoms with Gasteiger partial charge in [0.2, 0.25) is 0 Å². The van der Waals surface area contributed by atoms with Crippen LogP contribution in [-0.2, 0) is 10.5 Å². The van der Waals surface area contributed by atoms with Gasteiger partial charge in [-0.1, -0.05) is 28.9 Å². The van der Waals surface area contributed by atoms with Crippen LogP contribution in [0.15, 0.2) is 22.7 Å². The molecule has 0 saturated carbocycles. The van der Waals surface area contributed by atoms with Crippen molar-refractivity contribution in [3.05, 3.63) is 33.8 Å². The van der Waals surface area contributed by atoms with Crippen LogP contribution < -0.4 is 5.73 Å². The highest BCUT2D eigenvalue weighted by atomic mass is 79.9. The number of ether oxygens (including phenoxy) is 1. The number of esters is 1. The average Bonchev–Trinajstić information content (AvgIpc) is 2.39. The van der Waals surface area contributed by atoms with Crippen LogP contribution in [0.5, 0.6) is 0 Å². The van der Waals surface area contributed by atoms with Crippen molar-refractivity contribution in [2.24, 2.45) is 11.7 Å². The Kier molecular flexibility index (Phi) is 6.75. The second kappa shape index (κ2) is 7.81. The van der Waals surface area contributed by atoms with Gasteiger partial charge in [0.1, 0.15) is 0 Å². The van der Waals surface area contributed by atoms with E-state index >= 15 is 0 Å². The molecule has 0 amide bonds. The van der Waals surface area contributed by atoms with E-state index in [1.165, 1.54) is 12.7 Å². The third-order valence-corrected chi connectivity index (χ3v) is 4.59. The Hall–Kier alpha value is -0.520. The number of rotatable bonds is 6. The smallest absolute Gasteiger partial charge is 0.337 e. The van der Waals surface area contributed by atoms with Gasteiger partial charge in [-0.3, -0.25) is 0 Å². The van der Waals surface area contributed by atoms with Crippen LogP contribution in [0.2, 0.25) is 0 Å². The van der Waals surface area contributed by atoms with Crippen molar-refractivity contribution in [3.8, 4) is 0 Å². The Labute approximate surface area is 121 Å². The number of carbonyl (C=O) groups excluding carboxylic acids is 1. The number of carbonyl (C=O) groups is 1.